The first-order chi connectivity index (χ1) is 5.22. The van der Waals surface area contributed by atoms with E-state index < -0.39 is 13.7 Å². The summed E-state index contributed by atoms with van der Waals surface area (Å²) in [6, 6.07) is -0.633. The molecule has 0 aliphatic carbocycles. The summed E-state index contributed by atoms with van der Waals surface area (Å²) in [4.78, 5) is 10.9. The molecule has 1 aliphatic heterocycles. The second kappa shape index (κ2) is 2.06. The maximum absolute atomic E-state index is 13.8. The van der Waals surface area contributed by atoms with E-state index in [1.807, 2.05) is 0 Å². The van der Waals surface area contributed by atoms with Crippen LogP contribution < -0.4 is 0 Å². The Hall–Kier alpha value is -0.480. The summed E-state index contributed by atoms with van der Waals surface area (Å²) in [5.74, 6) is 0. The molecule has 1 aliphatic rings. The second-order valence-corrected chi connectivity index (χ2v) is 6.53. The Balaban J connectivity index is 3.08. The van der Waals surface area contributed by atoms with Crippen LogP contribution in [-0.4, -0.2) is 48.2 Å². The summed E-state index contributed by atoms with van der Waals surface area (Å²) in [5, 5.41) is 0. The fourth-order valence-electron chi connectivity index (χ4n) is 1.19. The summed E-state index contributed by atoms with van der Waals surface area (Å²) >= 11 is 0. The third-order valence-electron chi connectivity index (χ3n) is 2.20. The van der Waals surface area contributed by atoms with Gasteiger partial charge in [0.15, 0.2) is 0 Å². The summed E-state index contributed by atoms with van der Waals surface area (Å²) in [6.45, 7) is 0. The van der Waals surface area contributed by atoms with Gasteiger partial charge in [0.05, 0.1) is 0 Å². The molecule has 1 saturated heterocycles. The molecule has 1 fully saturated rings. The summed E-state index contributed by atoms with van der Waals surface area (Å²) in [6.07, 6.45) is 0. The SMILES string of the molecule is CN(C)P1(F)(F)N(C)C(=O)N1C. The number of carbonyl (C=O) groups is 1. The predicted octanol–water partition coefficient (Wildman–Crippen LogP) is 1.61. The fourth-order valence-corrected chi connectivity index (χ4v) is 3.38. The van der Waals surface area contributed by atoms with E-state index in [0.717, 1.165) is 18.8 Å². The van der Waals surface area contributed by atoms with Crippen LogP contribution in [0.4, 0.5) is 13.2 Å². The number of carbonyl (C=O) groups excluding carboxylic acids is 1. The van der Waals surface area contributed by atoms with Crippen LogP contribution >= 0.6 is 7.68 Å². The van der Waals surface area contributed by atoms with Crippen LogP contribution in [-0.2, 0) is 0 Å². The molecule has 0 saturated carbocycles. The van der Waals surface area contributed by atoms with Gasteiger partial charge in [-0.05, 0) is 0 Å². The van der Waals surface area contributed by atoms with Gasteiger partial charge in [-0.25, -0.2) is 0 Å². The molecule has 72 valence electrons. The molecule has 0 unspecified atom stereocenters. The summed E-state index contributed by atoms with van der Waals surface area (Å²) in [7, 11) is -0.363. The number of halogens is 2. The number of rotatable bonds is 1. The Kier molecular flexibility index (Phi) is 1.65. The van der Waals surface area contributed by atoms with E-state index in [2.05, 4.69) is 0 Å². The van der Waals surface area contributed by atoms with Gasteiger partial charge in [0.1, 0.15) is 0 Å². The van der Waals surface area contributed by atoms with Crippen molar-refractivity contribution < 1.29 is 13.2 Å². The molecule has 7 heteroatoms. The third-order valence-corrected chi connectivity index (χ3v) is 5.85. The van der Waals surface area contributed by atoms with Crippen LogP contribution in [0.25, 0.3) is 0 Å². The molecule has 0 spiro atoms. The Labute approximate surface area is 70.0 Å². The molecule has 0 atom stereocenters. The van der Waals surface area contributed by atoms with Crippen LogP contribution in [0.2, 0.25) is 0 Å². The molecule has 12 heavy (non-hydrogen) atoms. The molecule has 0 N–H and O–H groups in total. The molecule has 0 aromatic carbocycles. The van der Waals surface area contributed by atoms with Crippen LogP contribution in [0.1, 0.15) is 0 Å². The van der Waals surface area contributed by atoms with Gasteiger partial charge in [-0.2, -0.15) is 0 Å². The summed E-state index contributed by atoms with van der Waals surface area (Å²) in [5.41, 5.74) is 0. The quantitative estimate of drug-likeness (QED) is 0.600. The van der Waals surface area contributed by atoms with Crippen molar-refractivity contribution in [3.8, 4) is 0 Å². The normalized spacial score (nSPS) is 29.6. The van der Waals surface area contributed by atoms with E-state index in [0.29, 0.717) is 9.34 Å². The van der Waals surface area contributed by atoms with Crippen LogP contribution in [0.15, 0.2) is 0 Å². The van der Waals surface area contributed by atoms with Crippen molar-refractivity contribution in [3.05, 3.63) is 0 Å². The van der Waals surface area contributed by atoms with Crippen molar-refractivity contribution >= 4 is 13.7 Å². The molecule has 2 amide bonds. The van der Waals surface area contributed by atoms with Gasteiger partial charge in [0, 0.05) is 0 Å². The molecule has 0 aromatic rings. The first-order valence-electron chi connectivity index (χ1n) is 3.38. The van der Waals surface area contributed by atoms with Gasteiger partial charge < -0.3 is 0 Å². The van der Waals surface area contributed by atoms with Gasteiger partial charge >= 0.3 is 69.1 Å². The van der Waals surface area contributed by atoms with Crippen molar-refractivity contribution in [2.24, 2.45) is 0 Å². The molecule has 0 radical (unpaired) electrons. The Morgan fingerprint density at radius 2 is 1.58 bits per heavy atom. The third kappa shape index (κ3) is 0.696. The van der Waals surface area contributed by atoms with Crippen molar-refractivity contribution in [1.29, 1.82) is 0 Å². The van der Waals surface area contributed by atoms with Crippen LogP contribution in [0, 0.1) is 0 Å². The van der Waals surface area contributed by atoms with Crippen molar-refractivity contribution in [1.82, 2.24) is 14.0 Å². The fraction of sp³-hybridized carbons (Fsp3) is 0.800. The number of amides is 2. The average Bonchev–Trinajstić information content (AvgIpc) is 2.01. The van der Waals surface area contributed by atoms with Gasteiger partial charge in [-0.15, -0.1) is 0 Å². The second-order valence-electron chi connectivity index (χ2n) is 2.96. The van der Waals surface area contributed by atoms with Gasteiger partial charge in [0.25, 0.3) is 0 Å². The molecule has 1 heterocycles. The topological polar surface area (TPSA) is 26.8 Å². The summed E-state index contributed by atoms with van der Waals surface area (Å²) < 4.78 is 29.4. The first-order valence-corrected chi connectivity index (χ1v) is 5.25. The molecular weight excluding hydrogens is 187 g/mol. The molecule has 4 nitrogen and oxygen atoms in total. The van der Waals surface area contributed by atoms with Crippen molar-refractivity contribution in [2.45, 2.75) is 0 Å². The maximum atomic E-state index is 13.8. The molecule has 0 aromatic heterocycles. The van der Waals surface area contributed by atoms with E-state index in [1.165, 1.54) is 14.1 Å². The van der Waals surface area contributed by atoms with E-state index in [9.17, 15) is 13.2 Å². The van der Waals surface area contributed by atoms with Gasteiger partial charge in [-0.3, -0.25) is 0 Å². The predicted molar refractivity (Wildman–Crippen MR) is 43.7 cm³/mol. The molecule has 0 bridgehead atoms. The minimum atomic E-state index is -5.16. The zero-order chi connectivity index (χ0) is 9.76. The van der Waals surface area contributed by atoms with Crippen LogP contribution in [0.5, 0.6) is 0 Å². The van der Waals surface area contributed by atoms with E-state index in [4.69, 9.17) is 0 Å². The van der Waals surface area contributed by atoms with E-state index in [1.54, 1.807) is 0 Å². The average molecular weight is 199 g/mol. The van der Waals surface area contributed by atoms with Gasteiger partial charge in [-0.1, -0.05) is 0 Å². The van der Waals surface area contributed by atoms with E-state index >= 15 is 0 Å². The Morgan fingerprint density at radius 3 is 1.75 bits per heavy atom. The number of hydrogen-bond donors (Lipinski definition) is 0. The van der Waals surface area contributed by atoms with Gasteiger partial charge in [0.2, 0.25) is 0 Å². The number of hydrogen-bond acceptors (Lipinski definition) is 2. The van der Waals surface area contributed by atoms with Crippen molar-refractivity contribution in [3.63, 3.8) is 0 Å². The van der Waals surface area contributed by atoms with Crippen LogP contribution in [0.3, 0.4) is 0 Å². The Morgan fingerprint density at radius 1 is 1.25 bits per heavy atom. The number of urea groups is 1. The minimum absolute atomic E-state index is 0.533. The number of nitrogens with zero attached hydrogens (tertiary/aromatic N) is 3. The zero-order valence-corrected chi connectivity index (χ0v) is 8.35. The Bertz CT molecular complexity index is 229. The molecular formula is C5H12F2N3OP. The molecule has 1 rings (SSSR count). The zero-order valence-electron chi connectivity index (χ0n) is 7.45. The first kappa shape index (κ1) is 9.61. The van der Waals surface area contributed by atoms with Crippen molar-refractivity contribution in [2.75, 3.05) is 28.2 Å². The van der Waals surface area contributed by atoms with E-state index in [-0.39, 0.29) is 0 Å². The monoisotopic (exact) mass is 199 g/mol. The standard InChI is InChI=1S/C5H12F2N3OP/c1-8(2)12(6,7)9(3)5(11)10(12)4/h1-4H3.